The minimum atomic E-state index is -0.492. The zero-order valence-corrected chi connectivity index (χ0v) is 13.8. The van der Waals surface area contributed by atoms with Gasteiger partial charge in [0, 0.05) is 12.2 Å². The molecule has 2 rings (SSSR count). The van der Waals surface area contributed by atoms with Gasteiger partial charge in [-0.1, -0.05) is 23.2 Å². The second-order valence-corrected chi connectivity index (χ2v) is 6.16. The third-order valence-electron chi connectivity index (χ3n) is 3.55. The molecule has 0 bridgehead atoms. The topological polar surface area (TPSA) is 70.2 Å². The molecule has 1 aromatic rings. The van der Waals surface area contributed by atoms with Crippen LogP contribution in [0.15, 0.2) is 18.2 Å². The number of anilines is 1. The molecule has 0 aromatic heterocycles. The summed E-state index contributed by atoms with van der Waals surface area (Å²) in [6.45, 7) is 2.40. The highest BCUT2D eigenvalue weighted by Crippen LogP contribution is 2.25. The lowest BCUT2D eigenvalue weighted by Gasteiger charge is -2.20. The molecule has 0 aliphatic carbocycles. The van der Waals surface area contributed by atoms with E-state index in [9.17, 15) is 9.59 Å². The maximum Gasteiger partial charge on any atom is 0.242 e. The summed E-state index contributed by atoms with van der Waals surface area (Å²) in [5.74, 6) is -0.347. The molecule has 1 aromatic carbocycles. The molecule has 1 fully saturated rings. The highest BCUT2D eigenvalue weighted by atomic mass is 35.5. The van der Waals surface area contributed by atoms with Crippen molar-refractivity contribution < 1.29 is 9.59 Å². The predicted molar refractivity (Wildman–Crippen MR) is 88.3 cm³/mol. The van der Waals surface area contributed by atoms with Gasteiger partial charge in [-0.15, -0.1) is 0 Å². The lowest BCUT2D eigenvalue weighted by Crippen LogP contribution is -2.49. The Balaban J connectivity index is 1.93. The average Bonchev–Trinajstić information content (AvgIpc) is 2.68. The molecular formula is C15H19Cl2N3O2. The fourth-order valence-corrected chi connectivity index (χ4v) is 2.57. The van der Waals surface area contributed by atoms with Crippen LogP contribution in [0.5, 0.6) is 0 Å². The van der Waals surface area contributed by atoms with E-state index in [0.29, 0.717) is 28.7 Å². The molecule has 2 amide bonds. The van der Waals surface area contributed by atoms with Crippen LogP contribution in [0.1, 0.15) is 26.2 Å². The number of carbonyl (C=O) groups excluding carboxylic acids is 2. The van der Waals surface area contributed by atoms with E-state index in [1.165, 1.54) is 0 Å². The molecule has 1 heterocycles. The molecule has 120 valence electrons. The van der Waals surface area contributed by atoms with Gasteiger partial charge in [-0.25, -0.2) is 0 Å². The zero-order valence-electron chi connectivity index (χ0n) is 12.3. The quantitative estimate of drug-likeness (QED) is 0.786. The number of halogens is 2. The molecule has 5 nitrogen and oxygen atoms in total. The van der Waals surface area contributed by atoms with Crippen LogP contribution >= 0.6 is 23.2 Å². The Bertz CT molecular complexity index is 566. The lowest BCUT2D eigenvalue weighted by atomic mass is 10.1. The van der Waals surface area contributed by atoms with Gasteiger partial charge in [0.05, 0.1) is 10.0 Å². The number of rotatable bonds is 4. The molecule has 1 aliphatic rings. The van der Waals surface area contributed by atoms with Crippen LogP contribution in [0.4, 0.5) is 5.69 Å². The van der Waals surface area contributed by atoms with Crippen LogP contribution in [0.2, 0.25) is 10.0 Å². The number of carbonyl (C=O) groups is 2. The normalized spacial score (nSPS) is 19.8. The lowest BCUT2D eigenvalue weighted by molar-refractivity contribution is -0.129. The van der Waals surface area contributed by atoms with E-state index in [2.05, 4.69) is 16.0 Å². The molecule has 22 heavy (non-hydrogen) atoms. The van der Waals surface area contributed by atoms with Crippen LogP contribution in [0.25, 0.3) is 0 Å². The summed E-state index contributed by atoms with van der Waals surface area (Å²) >= 11 is 11.8. The average molecular weight is 344 g/mol. The minimum absolute atomic E-state index is 0.118. The Morgan fingerprint density at radius 1 is 1.32 bits per heavy atom. The molecule has 1 aliphatic heterocycles. The van der Waals surface area contributed by atoms with Gasteiger partial charge in [0.15, 0.2) is 0 Å². The van der Waals surface area contributed by atoms with Crippen LogP contribution < -0.4 is 16.0 Å². The first-order valence-corrected chi connectivity index (χ1v) is 8.02. The zero-order chi connectivity index (χ0) is 16.1. The third-order valence-corrected chi connectivity index (χ3v) is 4.29. The SMILES string of the molecule is CC(Nc1ccc(Cl)c(Cl)c1)C(=O)NC1CCCCNC1=O. The van der Waals surface area contributed by atoms with Gasteiger partial charge in [-0.3, -0.25) is 9.59 Å². The van der Waals surface area contributed by atoms with Gasteiger partial charge < -0.3 is 16.0 Å². The Hall–Kier alpha value is -1.46. The monoisotopic (exact) mass is 343 g/mol. The van der Waals surface area contributed by atoms with E-state index >= 15 is 0 Å². The van der Waals surface area contributed by atoms with Gasteiger partial charge in [0.25, 0.3) is 0 Å². The molecule has 3 N–H and O–H groups in total. The predicted octanol–water partition coefficient (Wildman–Crippen LogP) is 2.58. The fraction of sp³-hybridized carbons (Fsp3) is 0.467. The van der Waals surface area contributed by atoms with Crippen molar-refractivity contribution in [1.82, 2.24) is 10.6 Å². The fourth-order valence-electron chi connectivity index (χ4n) is 2.28. The summed E-state index contributed by atoms with van der Waals surface area (Å²) in [7, 11) is 0. The summed E-state index contributed by atoms with van der Waals surface area (Å²) in [6.07, 6.45) is 2.52. The Morgan fingerprint density at radius 2 is 2.09 bits per heavy atom. The first-order valence-electron chi connectivity index (χ1n) is 7.27. The van der Waals surface area contributed by atoms with E-state index in [4.69, 9.17) is 23.2 Å². The second kappa shape index (κ2) is 7.70. The number of amides is 2. The Kier molecular flexibility index (Phi) is 5.91. The Labute approximate surface area is 139 Å². The van der Waals surface area contributed by atoms with E-state index in [0.717, 1.165) is 12.8 Å². The molecule has 7 heteroatoms. The van der Waals surface area contributed by atoms with Crippen molar-refractivity contribution in [3.8, 4) is 0 Å². The van der Waals surface area contributed by atoms with Crippen LogP contribution in [-0.4, -0.2) is 30.4 Å². The van der Waals surface area contributed by atoms with E-state index < -0.39 is 12.1 Å². The number of hydrogen-bond donors (Lipinski definition) is 3. The van der Waals surface area contributed by atoms with Crippen LogP contribution in [-0.2, 0) is 9.59 Å². The molecule has 2 unspecified atom stereocenters. The van der Waals surface area contributed by atoms with E-state index in [1.807, 2.05) is 0 Å². The summed E-state index contributed by atoms with van der Waals surface area (Å²) in [4.78, 5) is 24.0. The molecule has 0 radical (unpaired) electrons. The maximum absolute atomic E-state index is 12.2. The Morgan fingerprint density at radius 3 is 2.82 bits per heavy atom. The van der Waals surface area contributed by atoms with Gasteiger partial charge in [-0.05, 0) is 44.4 Å². The highest BCUT2D eigenvalue weighted by molar-refractivity contribution is 6.42. The van der Waals surface area contributed by atoms with Crippen molar-refractivity contribution in [2.24, 2.45) is 0 Å². The van der Waals surface area contributed by atoms with Crippen molar-refractivity contribution in [3.63, 3.8) is 0 Å². The summed E-state index contributed by atoms with van der Waals surface area (Å²) in [6, 6.07) is 4.11. The van der Waals surface area contributed by atoms with E-state index in [-0.39, 0.29) is 11.8 Å². The summed E-state index contributed by atoms with van der Waals surface area (Å²) in [5.41, 5.74) is 0.697. The van der Waals surface area contributed by atoms with Crippen molar-refractivity contribution in [3.05, 3.63) is 28.2 Å². The molecular weight excluding hydrogens is 325 g/mol. The maximum atomic E-state index is 12.2. The number of nitrogens with one attached hydrogen (secondary N) is 3. The van der Waals surface area contributed by atoms with Crippen LogP contribution in [0, 0.1) is 0 Å². The van der Waals surface area contributed by atoms with Crippen molar-refractivity contribution in [2.75, 3.05) is 11.9 Å². The van der Waals surface area contributed by atoms with Gasteiger partial charge in [-0.2, -0.15) is 0 Å². The summed E-state index contributed by atoms with van der Waals surface area (Å²) in [5, 5.41) is 9.50. The first-order chi connectivity index (χ1) is 10.5. The third kappa shape index (κ3) is 4.52. The minimum Gasteiger partial charge on any atom is -0.374 e. The van der Waals surface area contributed by atoms with Crippen molar-refractivity contribution in [2.45, 2.75) is 38.3 Å². The van der Waals surface area contributed by atoms with Crippen molar-refractivity contribution in [1.29, 1.82) is 0 Å². The smallest absolute Gasteiger partial charge is 0.242 e. The van der Waals surface area contributed by atoms with Gasteiger partial charge in [0.1, 0.15) is 12.1 Å². The first kappa shape index (κ1) is 16.9. The summed E-state index contributed by atoms with van der Waals surface area (Å²) < 4.78 is 0. The number of hydrogen-bond acceptors (Lipinski definition) is 3. The highest BCUT2D eigenvalue weighted by Gasteiger charge is 2.24. The molecule has 2 atom stereocenters. The molecule has 0 saturated carbocycles. The van der Waals surface area contributed by atoms with Gasteiger partial charge >= 0.3 is 0 Å². The van der Waals surface area contributed by atoms with Crippen molar-refractivity contribution >= 4 is 40.7 Å². The second-order valence-electron chi connectivity index (χ2n) is 5.34. The largest absolute Gasteiger partial charge is 0.374 e. The molecule has 1 saturated heterocycles. The van der Waals surface area contributed by atoms with Crippen LogP contribution in [0.3, 0.4) is 0 Å². The standard InChI is InChI=1S/C15H19Cl2N3O2/c1-9(19-10-5-6-11(16)12(17)8-10)14(21)20-13-4-2-3-7-18-15(13)22/h5-6,8-9,13,19H,2-4,7H2,1H3,(H,18,22)(H,20,21). The number of benzene rings is 1. The van der Waals surface area contributed by atoms with Gasteiger partial charge in [0.2, 0.25) is 11.8 Å². The van der Waals surface area contributed by atoms with E-state index in [1.54, 1.807) is 25.1 Å². The molecule has 0 spiro atoms.